The summed E-state index contributed by atoms with van der Waals surface area (Å²) in [5.41, 5.74) is 1.97. The summed E-state index contributed by atoms with van der Waals surface area (Å²) in [5, 5.41) is 15.6. The normalized spacial score (nSPS) is 11.8. The smallest absolute Gasteiger partial charge is 0.252 e. The van der Waals surface area contributed by atoms with E-state index in [9.17, 15) is 9.90 Å². The van der Waals surface area contributed by atoms with Crippen LogP contribution in [0.25, 0.3) is 10.9 Å². The molecule has 0 radical (unpaired) electrons. The third-order valence-corrected chi connectivity index (χ3v) is 5.55. The van der Waals surface area contributed by atoms with Crippen molar-refractivity contribution >= 4 is 40.0 Å². The zero-order valence-corrected chi connectivity index (χ0v) is 18.0. The van der Waals surface area contributed by atoms with E-state index in [-0.39, 0.29) is 11.7 Å². The van der Waals surface area contributed by atoms with E-state index >= 15 is 0 Å². The number of ether oxygens (including phenoxy) is 1. The van der Waals surface area contributed by atoms with Crippen LogP contribution in [-0.2, 0) is 0 Å². The quantitative estimate of drug-likeness (QED) is 0.402. The van der Waals surface area contributed by atoms with Crippen LogP contribution in [-0.4, -0.2) is 23.1 Å². The lowest BCUT2D eigenvalue weighted by Crippen LogP contribution is -2.29. The van der Waals surface area contributed by atoms with Gasteiger partial charge in [-0.05, 0) is 60.2 Å². The molecule has 0 aliphatic heterocycles. The van der Waals surface area contributed by atoms with Gasteiger partial charge in [-0.25, -0.2) is 0 Å². The molecule has 1 heterocycles. The van der Waals surface area contributed by atoms with E-state index in [1.54, 1.807) is 80.0 Å². The molecule has 4 rings (SSSR count). The molecule has 1 amide bonds. The van der Waals surface area contributed by atoms with Gasteiger partial charge in [0.2, 0.25) is 0 Å². The Balaban J connectivity index is 1.80. The SMILES string of the molecule is COc1ccc(C(=O)N[C@H](c2ccc(Cl)cc2)c2cc(Cl)c3cccnc3c2O)cc1. The van der Waals surface area contributed by atoms with E-state index in [1.165, 1.54) is 0 Å². The zero-order chi connectivity index (χ0) is 22.0. The summed E-state index contributed by atoms with van der Waals surface area (Å²) in [6, 6.07) is 18.3. The lowest BCUT2D eigenvalue weighted by Gasteiger charge is -2.22. The fourth-order valence-electron chi connectivity index (χ4n) is 3.38. The molecule has 156 valence electrons. The first-order valence-corrected chi connectivity index (χ1v) is 10.2. The van der Waals surface area contributed by atoms with Gasteiger partial charge in [-0.15, -0.1) is 0 Å². The largest absolute Gasteiger partial charge is 0.505 e. The molecule has 0 bridgehead atoms. The molecule has 1 atom stereocenters. The summed E-state index contributed by atoms with van der Waals surface area (Å²) in [6.45, 7) is 0. The number of methoxy groups -OCH3 is 1. The Kier molecular flexibility index (Phi) is 5.98. The Morgan fingerprint density at radius 2 is 1.77 bits per heavy atom. The number of nitrogens with zero attached hydrogens (tertiary/aromatic N) is 1. The number of phenols is 1. The van der Waals surface area contributed by atoms with Crippen LogP contribution in [0.5, 0.6) is 11.5 Å². The molecule has 2 N–H and O–H groups in total. The van der Waals surface area contributed by atoms with Crippen molar-refractivity contribution in [2.24, 2.45) is 0 Å². The van der Waals surface area contributed by atoms with Gasteiger partial charge < -0.3 is 15.2 Å². The molecule has 31 heavy (non-hydrogen) atoms. The van der Waals surface area contributed by atoms with E-state index < -0.39 is 6.04 Å². The predicted molar refractivity (Wildman–Crippen MR) is 122 cm³/mol. The van der Waals surface area contributed by atoms with Gasteiger partial charge in [0.1, 0.15) is 17.0 Å². The number of aromatic hydroxyl groups is 1. The number of hydrogen-bond acceptors (Lipinski definition) is 4. The Morgan fingerprint density at radius 1 is 1.06 bits per heavy atom. The van der Waals surface area contributed by atoms with Crippen molar-refractivity contribution in [1.82, 2.24) is 10.3 Å². The number of rotatable bonds is 5. The van der Waals surface area contributed by atoms with Crippen molar-refractivity contribution in [3.63, 3.8) is 0 Å². The molecule has 7 heteroatoms. The number of benzene rings is 3. The highest BCUT2D eigenvalue weighted by atomic mass is 35.5. The van der Waals surface area contributed by atoms with Crippen molar-refractivity contribution in [1.29, 1.82) is 0 Å². The minimum Gasteiger partial charge on any atom is -0.505 e. The second kappa shape index (κ2) is 8.84. The second-order valence-corrected chi connectivity index (χ2v) is 7.73. The van der Waals surface area contributed by atoms with Crippen LogP contribution < -0.4 is 10.1 Å². The minimum atomic E-state index is -0.684. The zero-order valence-electron chi connectivity index (χ0n) is 16.5. The Labute approximate surface area is 189 Å². The number of halogens is 2. The lowest BCUT2D eigenvalue weighted by molar-refractivity contribution is 0.0942. The van der Waals surface area contributed by atoms with Gasteiger partial charge in [-0.3, -0.25) is 9.78 Å². The predicted octanol–water partition coefficient (Wildman–Crippen LogP) is 5.78. The molecular weight excluding hydrogens is 435 g/mol. The van der Waals surface area contributed by atoms with Crippen molar-refractivity contribution in [2.45, 2.75) is 6.04 Å². The van der Waals surface area contributed by atoms with Gasteiger partial charge in [0, 0.05) is 27.7 Å². The van der Waals surface area contributed by atoms with E-state index in [1.807, 2.05) is 0 Å². The molecular formula is C24H18Cl2N2O3. The highest BCUT2D eigenvalue weighted by Crippen LogP contribution is 2.38. The molecule has 4 aromatic rings. The van der Waals surface area contributed by atoms with Crippen molar-refractivity contribution < 1.29 is 14.6 Å². The number of amides is 1. The monoisotopic (exact) mass is 452 g/mol. The van der Waals surface area contributed by atoms with Gasteiger partial charge in [-0.2, -0.15) is 0 Å². The van der Waals surface area contributed by atoms with Crippen LogP contribution in [0.1, 0.15) is 27.5 Å². The van der Waals surface area contributed by atoms with Crippen LogP contribution in [0.4, 0.5) is 0 Å². The maximum Gasteiger partial charge on any atom is 0.252 e. The topological polar surface area (TPSA) is 71.5 Å². The molecule has 0 saturated heterocycles. The standard InChI is InChI=1S/C24H18Cl2N2O3/c1-31-17-10-6-15(7-11-17)24(30)28-21(14-4-8-16(25)9-5-14)19-13-20(26)18-3-2-12-27-22(18)23(19)29/h2-13,21,29H,1H3,(H,28,30)/t21-/m1/s1. The molecule has 0 aliphatic rings. The summed E-state index contributed by atoms with van der Waals surface area (Å²) < 4.78 is 5.15. The van der Waals surface area contributed by atoms with Crippen LogP contribution >= 0.6 is 23.2 Å². The van der Waals surface area contributed by atoms with Gasteiger partial charge in [0.15, 0.2) is 0 Å². The van der Waals surface area contributed by atoms with Crippen molar-refractivity contribution in [3.05, 3.63) is 99.7 Å². The highest BCUT2D eigenvalue weighted by Gasteiger charge is 2.24. The molecule has 0 saturated carbocycles. The molecule has 0 spiro atoms. The molecule has 5 nitrogen and oxygen atoms in total. The maximum atomic E-state index is 13.0. The average Bonchev–Trinajstić information content (AvgIpc) is 2.80. The Bertz CT molecular complexity index is 1240. The van der Waals surface area contributed by atoms with Crippen LogP contribution in [0.2, 0.25) is 10.0 Å². The van der Waals surface area contributed by atoms with Crippen LogP contribution in [0.3, 0.4) is 0 Å². The van der Waals surface area contributed by atoms with E-state index in [0.29, 0.717) is 37.8 Å². The second-order valence-electron chi connectivity index (χ2n) is 6.88. The summed E-state index contributed by atoms with van der Waals surface area (Å²) in [6.07, 6.45) is 1.58. The molecule has 0 fully saturated rings. The summed E-state index contributed by atoms with van der Waals surface area (Å²) >= 11 is 12.5. The van der Waals surface area contributed by atoms with Crippen LogP contribution in [0.15, 0.2) is 72.9 Å². The highest BCUT2D eigenvalue weighted by molar-refractivity contribution is 6.35. The number of carbonyl (C=O) groups excluding carboxylic acids is 1. The molecule has 1 aromatic heterocycles. The van der Waals surface area contributed by atoms with Gasteiger partial charge in [-0.1, -0.05) is 35.3 Å². The van der Waals surface area contributed by atoms with E-state index in [0.717, 1.165) is 5.56 Å². The molecule has 3 aromatic carbocycles. The first-order valence-electron chi connectivity index (χ1n) is 9.44. The Morgan fingerprint density at radius 3 is 2.45 bits per heavy atom. The van der Waals surface area contributed by atoms with Crippen molar-refractivity contribution in [2.75, 3.05) is 7.11 Å². The van der Waals surface area contributed by atoms with Crippen molar-refractivity contribution in [3.8, 4) is 11.5 Å². The first-order chi connectivity index (χ1) is 15.0. The number of carbonyl (C=O) groups is 1. The minimum absolute atomic E-state index is 0.0463. The Hall–Kier alpha value is -3.28. The molecule has 0 aliphatic carbocycles. The molecule has 0 unspecified atom stereocenters. The van der Waals surface area contributed by atoms with E-state index in [4.69, 9.17) is 27.9 Å². The first kappa shape index (κ1) is 21.0. The summed E-state index contributed by atoms with van der Waals surface area (Å²) in [7, 11) is 1.56. The van der Waals surface area contributed by atoms with Gasteiger partial charge in [0.25, 0.3) is 5.91 Å². The third-order valence-electron chi connectivity index (χ3n) is 4.99. The number of aromatic nitrogens is 1. The number of hydrogen-bond donors (Lipinski definition) is 2. The number of fused-ring (bicyclic) bond motifs is 1. The van der Waals surface area contributed by atoms with Gasteiger partial charge >= 0.3 is 0 Å². The number of nitrogens with one attached hydrogen (secondary N) is 1. The maximum absolute atomic E-state index is 13.0. The number of phenolic OH excluding ortho intramolecular Hbond substituents is 1. The average molecular weight is 453 g/mol. The van der Waals surface area contributed by atoms with E-state index in [2.05, 4.69) is 10.3 Å². The van der Waals surface area contributed by atoms with Gasteiger partial charge in [0.05, 0.1) is 18.2 Å². The van der Waals surface area contributed by atoms with Crippen LogP contribution in [0, 0.1) is 0 Å². The fourth-order valence-corrected chi connectivity index (χ4v) is 3.77. The third kappa shape index (κ3) is 4.29. The number of pyridine rings is 1. The fraction of sp³-hybridized carbons (Fsp3) is 0.0833. The summed E-state index contributed by atoms with van der Waals surface area (Å²) in [5.74, 6) is 0.282. The lowest BCUT2D eigenvalue weighted by atomic mass is 9.95. The summed E-state index contributed by atoms with van der Waals surface area (Å²) in [4.78, 5) is 17.3.